The first-order chi connectivity index (χ1) is 9.72. The summed E-state index contributed by atoms with van der Waals surface area (Å²) in [7, 11) is 1.81. The number of nitrogens with zero attached hydrogens (tertiary/aromatic N) is 2. The molecule has 2 rings (SSSR count). The molecule has 1 heterocycles. The van der Waals surface area contributed by atoms with Gasteiger partial charge in [-0.15, -0.1) is 0 Å². The molecule has 0 fully saturated rings. The fourth-order valence-electron chi connectivity index (χ4n) is 1.55. The predicted octanol–water partition coefficient (Wildman–Crippen LogP) is 3.45. The Balaban J connectivity index is 2.24. The molecule has 1 N–H and O–H groups in total. The zero-order valence-electron chi connectivity index (χ0n) is 11.4. The van der Waals surface area contributed by atoms with Crippen molar-refractivity contribution in [2.24, 2.45) is 0 Å². The first-order valence-electron chi connectivity index (χ1n) is 6.28. The lowest BCUT2D eigenvalue weighted by Gasteiger charge is -2.10. The number of aromatic nitrogens is 2. The lowest BCUT2D eigenvalue weighted by atomic mass is 10.3. The van der Waals surface area contributed by atoms with E-state index < -0.39 is 0 Å². The number of hydrogen-bond donors (Lipinski definition) is 1. The Morgan fingerprint density at radius 2 is 2.05 bits per heavy atom. The minimum atomic E-state index is 0.369. The molecule has 2 aromatic rings. The van der Waals surface area contributed by atoms with Crippen molar-refractivity contribution < 1.29 is 9.47 Å². The molecular weight excluding hydrogens is 369 g/mol. The second kappa shape index (κ2) is 7.39. The summed E-state index contributed by atoms with van der Waals surface area (Å²) in [5.74, 6) is 2.58. The molecule has 5 nitrogen and oxygen atoms in total. The van der Waals surface area contributed by atoms with Crippen LogP contribution in [0.1, 0.15) is 12.7 Å². The normalized spacial score (nSPS) is 10.3. The number of halogens is 1. The van der Waals surface area contributed by atoms with Gasteiger partial charge in [0.25, 0.3) is 0 Å². The van der Waals surface area contributed by atoms with Gasteiger partial charge in [0.15, 0.2) is 5.82 Å². The van der Waals surface area contributed by atoms with Crippen LogP contribution in [0.25, 0.3) is 0 Å². The predicted molar refractivity (Wildman–Crippen MR) is 86.1 cm³/mol. The van der Waals surface area contributed by atoms with Gasteiger partial charge in [0.2, 0.25) is 5.88 Å². The average molecular weight is 385 g/mol. The maximum Gasteiger partial charge on any atom is 0.224 e. The highest BCUT2D eigenvalue weighted by Gasteiger charge is 2.08. The Bertz CT molecular complexity index is 578. The highest BCUT2D eigenvalue weighted by atomic mass is 127. The van der Waals surface area contributed by atoms with Crippen molar-refractivity contribution in [3.05, 3.63) is 39.7 Å². The van der Waals surface area contributed by atoms with Gasteiger partial charge in [-0.05, 0) is 41.6 Å². The van der Waals surface area contributed by atoms with E-state index in [-0.39, 0.29) is 0 Å². The second-order valence-electron chi connectivity index (χ2n) is 3.93. The van der Waals surface area contributed by atoms with Gasteiger partial charge in [-0.25, -0.2) is 4.98 Å². The molecule has 1 aromatic carbocycles. The van der Waals surface area contributed by atoms with Gasteiger partial charge in [0.05, 0.1) is 3.57 Å². The molecule has 0 saturated carbocycles. The highest BCUT2D eigenvalue weighted by Crippen LogP contribution is 2.26. The molecule has 0 saturated heterocycles. The van der Waals surface area contributed by atoms with E-state index >= 15 is 0 Å². The van der Waals surface area contributed by atoms with Gasteiger partial charge in [0.1, 0.15) is 18.2 Å². The van der Waals surface area contributed by atoms with Crippen molar-refractivity contribution in [1.29, 1.82) is 0 Å². The zero-order valence-corrected chi connectivity index (χ0v) is 13.5. The Morgan fingerprint density at radius 3 is 2.75 bits per heavy atom. The van der Waals surface area contributed by atoms with Crippen LogP contribution in [0.5, 0.6) is 11.6 Å². The number of para-hydroxylation sites is 1. The van der Waals surface area contributed by atoms with Crippen LogP contribution in [0, 0.1) is 3.57 Å². The van der Waals surface area contributed by atoms with Gasteiger partial charge < -0.3 is 14.8 Å². The summed E-state index contributed by atoms with van der Waals surface area (Å²) < 4.78 is 12.2. The van der Waals surface area contributed by atoms with Crippen LogP contribution in [-0.2, 0) is 11.3 Å². The van der Waals surface area contributed by atoms with Gasteiger partial charge in [-0.2, -0.15) is 4.98 Å². The molecule has 0 amide bonds. The van der Waals surface area contributed by atoms with Gasteiger partial charge in [-0.1, -0.05) is 12.1 Å². The molecule has 0 radical (unpaired) electrons. The van der Waals surface area contributed by atoms with E-state index in [1.807, 2.05) is 38.2 Å². The number of nitrogens with one attached hydrogen (secondary N) is 1. The number of rotatable bonds is 6. The van der Waals surface area contributed by atoms with Crippen molar-refractivity contribution in [3.8, 4) is 11.6 Å². The smallest absolute Gasteiger partial charge is 0.224 e. The van der Waals surface area contributed by atoms with Crippen LogP contribution in [-0.4, -0.2) is 23.6 Å². The summed E-state index contributed by atoms with van der Waals surface area (Å²) in [4.78, 5) is 8.68. The SMILES string of the molecule is CCOCc1nc(NC)cc(Oc2ccccc2I)n1. The van der Waals surface area contributed by atoms with Crippen LogP contribution in [0.3, 0.4) is 0 Å². The van der Waals surface area contributed by atoms with Crippen LogP contribution in [0.15, 0.2) is 30.3 Å². The van der Waals surface area contributed by atoms with Crippen LogP contribution >= 0.6 is 22.6 Å². The maximum absolute atomic E-state index is 5.82. The summed E-state index contributed by atoms with van der Waals surface area (Å²) >= 11 is 2.23. The Labute approximate surface area is 131 Å². The largest absolute Gasteiger partial charge is 0.438 e. The maximum atomic E-state index is 5.82. The highest BCUT2D eigenvalue weighted by molar-refractivity contribution is 14.1. The summed E-state index contributed by atoms with van der Waals surface area (Å²) in [5.41, 5.74) is 0. The van der Waals surface area contributed by atoms with Crippen molar-refractivity contribution in [1.82, 2.24) is 9.97 Å². The van der Waals surface area contributed by atoms with E-state index in [1.165, 1.54) is 0 Å². The van der Waals surface area contributed by atoms with E-state index in [4.69, 9.17) is 9.47 Å². The van der Waals surface area contributed by atoms with Gasteiger partial charge in [-0.3, -0.25) is 0 Å². The summed E-state index contributed by atoms with van der Waals surface area (Å²) in [6.45, 7) is 2.93. The number of anilines is 1. The number of ether oxygens (including phenoxy) is 2. The monoisotopic (exact) mass is 385 g/mol. The van der Waals surface area contributed by atoms with Crippen molar-refractivity contribution in [3.63, 3.8) is 0 Å². The lowest BCUT2D eigenvalue weighted by molar-refractivity contribution is 0.128. The minimum absolute atomic E-state index is 0.369. The minimum Gasteiger partial charge on any atom is -0.438 e. The van der Waals surface area contributed by atoms with Crippen molar-refractivity contribution in [2.75, 3.05) is 19.0 Å². The Kier molecular flexibility index (Phi) is 5.54. The lowest BCUT2D eigenvalue weighted by Crippen LogP contribution is -2.04. The van der Waals surface area contributed by atoms with Crippen molar-refractivity contribution >= 4 is 28.4 Å². The molecule has 0 unspecified atom stereocenters. The van der Waals surface area contributed by atoms with E-state index in [2.05, 4.69) is 37.9 Å². The Morgan fingerprint density at radius 1 is 1.25 bits per heavy atom. The Hall–Kier alpha value is -1.41. The third-order valence-electron chi connectivity index (χ3n) is 2.49. The van der Waals surface area contributed by atoms with E-state index in [9.17, 15) is 0 Å². The van der Waals surface area contributed by atoms with E-state index in [0.29, 0.717) is 30.7 Å². The molecule has 1 aromatic heterocycles. The molecule has 0 bridgehead atoms. The molecule has 6 heteroatoms. The molecule has 0 spiro atoms. The molecular formula is C14H16IN3O2. The third-order valence-corrected chi connectivity index (χ3v) is 3.38. The molecule has 0 aliphatic heterocycles. The fraction of sp³-hybridized carbons (Fsp3) is 0.286. The third kappa shape index (κ3) is 4.04. The second-order valence-corrected chi connectivity index (χ2v) is 5.09. The molecule has 106 valence electrons. The first-order valence-corrected chi connectivity index (χ1v) is 7.36. The average Bonchev–Trinajstić information content (AvgIpc) is 2.47. The quantitative estimate of drug-likeness (QED) is 0.772. The zero-order chi connectivity index (χ0) is 14.4. The summed E-state index contributed by atoms with van der Waals surface area (Å²) in [5, 5.41) is 3.00. The van der Waals surface area contributed by atoms with Crippen LogP contribution in [0.2, 0.25) is 0 Å². The van der Waals surface area contributed by atoms with Crippen molar-refractivity contribution in [2.45, 2.75) is 13.5 Å². The number of benzene rings is 1. The van der Waals surface area contributed by atoms with Gasteiger partial charge >= 0.3 is 0 Å². The topological polar surface area (TPSA) is 56.3 Å². The van der Waals surface area contributed by atoms with Gasteiger partial charge in [0, 0.05) is 19.7 Å². The van der Waals surface area contributed by atoms with E-state index in [0.717, 1.165) is 9.32 Å². The molecule has 0 aliphatic carbocycles. The standard InChI is InChI=1S/C14H16IN3O2/c1-3-19-9-13-17-12(16-2)8-14(18-13)20-11-7-5-4-6-10(11)15/h4-8H,3,9H2,1-2H3,(H,16,17,18). The fourth-order valence-corrected chi connectivity index (χ4v) is 2.05. The van der Waals surface area contributed by atoms with E-state index in [1.54, 1.807) is 6.07 Å². The number of hydrogen-bond acceptors (Lipinski definition) is 5. The summed E-state index contributed by atoms with van der Waals surface area (Å²) in [6, 6.07) is 9.55. The molecule has 0 aliphatic rings. The molecule has 0 atom stereocenters. The van der Waals surface area contributed by atoms with Crippen LogP contribution in [0.4, 0.5) is 5.82 Å². The molecule has 20 heavy (non-hydrogen) atoms. The summed E-state index contributed by atoms with van der Waals surface area (Å²) in [6.07, 6.45) is 0. The van der Waals surface area contributed by atoms with Crippen LogP contribution < -0.4 is 10.1 Å². The first kappa shape index (κ1) is 15.0.